The van der Waals surface area contributed by atoms with Gasteiger partial charge >= 0.3 is 0 Å². The predicted molar refractivity (Wildman–Crippen MR) is 69.4 cm³/mol. The van der Waals surface area contributed by atoms with E-state index in [1.54, 1.807) is 0 Å². The molecule has 5 nitrogen and oxygen atoms in total. The van der Waals surface area contributed by atoms with E-state index in [-0.39, 0.29) is 6.61 Å². The van der Waals surface area contributed by atoms with E-state index < -0.39 is 0 Å². The summed E-state index contributed by atoms with van der Waals surface area (Å²) in [6, 6.07) is 0.294. The van der Waals surface area contributed by atoms with Gasteiger partial charge in [-0.15, -0.1) is 0 Å². The lowest BCUT2D eigenvalue weighted by atomic mass is 9.95. The third-order valence-corrected chi connectivity index (χ3v) is 4.01. The van der Waals surface area contributed by atoms with Crippen molar-refractivity contribution in [2.45, 2.75) is 31.4 Å². The molecule has 3 N–H and O–H groups in total. The van der Waals surface area contributed by atoms with Crippen LogP contribution in [0, 0.1) is 5.92 Å². The summed E-state index contributed by atoms with van der Waals surface area (Å²) in [5, 5.41) is 8.73. The Morgan fingerprint density at radius 1 is 1.28 bits per heavy atom. The first kappa shape index (κ1) is 14.2. The number of ether oxygens (including phenoxy) is 2. The Balaban J connectivity index is 1.66. The molecule has 0 radical (unpaired) electrons. The van der Waals surface area contributed by atoms with Gasteiger partial charge in [0.25, 0.3) is 0 Å². The van der Waals surface area contributed by atoms with Crippen LogP contribution in [-0.4, -0.2) is 68.2 Å². The van der Waals surface area contributed by atoms with E-state index in [2.05, 4.69) is 4.90 Å². The summed E-state index contributed by atoms with van der Waals surface area (Å²) in [6.45, 7) is 5.39. The number of piperidine rings is 1. The van der Waals surface area contributed by atoms with Gasteiger partial charge < -0.3 is 25.2 Å². The Kier molecular flexibility index (Phi) is 5.85. The molecule has 5 heteroatoms. The van der Waals surface area contributed by atoms with Gasteiger partial charge in [0, 0.05) is 38.2 Å². The number of rotatable bonds is 5. The number of hydrogen-bond donors (Lipinski definition) is 2. The Hall–Kier alpha value is -0.200. The first-order valence-electron chi connectivity index (χ1n) is 7.07. The van der Waals surface area contributed by atoms with Crippen LogP contribution in [0.4, 0.5) is 0 Å². The topological polar surface area (TPSA) is 68.0 Å². The van der Waals surface area contributed by atoms with Crippen LogP contribution in [0.25, 0.3) is 0 Å². The molecule has 0 aromatic carbocycles. The highest BCUT2D eigenvalue weighted by Gasteiger charge is 2.27. The minimum absolute atomic E-state index is 0.120. The number of likely N-dealkylation sites (tertiary alicyclic amines) is 1. The zero-order valence-corrected chi connectivity index (χ0v) is 11.1. The quantitative estimate of drug-likeness (QED) is 0.716. The first-order valence-corrected chi connectivity index (χ1v) is 7.07. The molecule has 2 aliphatic rings. The van der Waals surface area contributed by atoms with Crippen molar-refractivity contribution in [3.05, 3.63) is 0 Å². The van der Waals surface area contributed by atoms with Crippen molar-refractivity contribution in [1.29, 1.82) is 0 Å². The Labute approximate surface area is 109 Å². The molecule has 0 amide bonds. The molecular formula is C13H26N2O3. The maximum absolute atomic E-state index is 8.73. The van der Waals surface area contributed by atoms with Crippen LogP contribution in [0.5, 0.6) is 0 Å². The van der Waals surface area contributed by atoms with Crippen molar-refractivity contribution in [2.24, 2.45) is 11.7 Å². The van der Waals surface area contributed by atoms with Gasteiger partial charge in [-0.05, 0) is 19.3 Å². The smallest absolute Gasteiger partial charge is 0.0701 e. The van der Waals surface area contributed by atoms with Crippen LogP contribution in [0.15, 0.2) is 0 Å². The maximum Gasteiger partial charge on any atom is 0.0701 e. The average molecular weight is 258 g/mol. The van der Waals surface area contributed by atoms with E-state index in [1.807, 2.05) is 0 Å². The van der Waals surface area contributed by atoms with Gasteiger partial charge in [-0.2, -0.15) is 0 Å². The largest absolute Gasteiger partial charge is 0.394 e. The van der Waals surface area contributed by atoms with Crippen molar-refractivity contribution in [2.75, 3.05) is 46.1 Å². The molecule has 106 valence electrons. The zero-order valence-electron chi connectivity index (χ0n) is 11.1. The molecule has 18 heavy (non-hydrogen) atoms. The number of aliphatic hydroxyl groups is 1. The lowest BCUT2D eigenvalue weighted by Gasteiger charge is -2.37. The van der Waals surface area contributed by atoms with Crippen LogP contribution in [0.1, 0.15) is 19.3 Å². The van der Waals surface area contributed by atoms with E-state index >= 15 is 0 Å². The van der Waals surface area contributed by atoms with Crippen molar-refractivity contribution < 1.29 is 14.6 Å². The zero-order chi connectivity index (χ0) is 12.8. The third kappa shape index (κ3) is 4.17. The van der Waals surface area contributed by atoms with E-state index in [0.717, 1.165) is 52.1 Å². The van der Waals surface area contributed by atoms with Gasteiger partial charge in [-0.3, -0.25) is 0 Å². The number of nitrogens with two attached hydrogens (primary N) is 1. The molecule has 0 aliphatic carbocycles. The molecule has 2 heterocycles. The van der Waals surface area contributed by atoms with Crippen molar-refractivity contribution in [1.82, 2.24) is 4.90 Å². The first-order chi connectivity index (χ1) is 8.79. The third-order valence-electron chi connectivity index (χ3n) is 4.01. The molecule has 0 bridgehead atoms. The molecule has 2 aliphatic heterocycles. The van der Waals surface area contributed by atoms with E-state index in [1.165, 1.54) is 0 Å². The molecule has 2 unspecified atom stereocenters. The number of hydrogen-bond acceptors (Lipinski definition) is 5. The molecule has 2 fully saturated rings. The lowest BCUT2D eigenvalue weighted by Crippen LogP contribution is -2.47. The second kappa shape index (κ2) is 7.40. The Morgan fingerprint density at radius 2 is 2.06 bits per heavy atom. The highest BCUT2D eigenvalue weighted by Crippen LogP contribution is 2.18. The Morgan fingerprint density at radius 3 is 2.72 bits per heavy atom. The lowest BCUT2D eigenvalue weighted by molar-refractivity contribution is -0.0202. The summed E-state index contributed by atoms with van der Waals surface area (Å²) in [7, 11) is 0. The van der Waals surface area contributed by atoms with Crippen LogP contribution in [0.3, 0.4) is 0 Å². The van der Waals surface area contributed by atoms with Gasteiger partial charge in [0.15, 0.2) is 0 Å². The monoisotopic (exact) mass is 258 g/mol. The van der Waals surface area contributed by atoms with E-state index in [0.29, 0.717) is 24.7 Å². The van der Waals surface area contributed by atoms with E-state index in [4.69, 9.17) is 20.3 Å². The molecule has 0 spiro atoms. The number of nitrogens with zero attached hydrogens (tertiary/aromatic N) is 1. The van der Waals surface area contributed by atoms with Gasteiger partial charge in [0.2, 0.25) is 0 Å². The van der Waals surface area contributed by atoms with Crippen molar-refractivity contribution in [3.63, 3.8) is 0 Å². The SMILES string of the molecule is NC1CCOCC1CN1CCC(OCCO)CC1. The summed E-state index contributed by atoms with van der Waals surface area (Å²) in [6.07, 6.45) is 3.43. The summed E-state index contributed by atoms with van der Waals surface area (Å²) in [4.78, 5) is 2.47. The summed E-state index contributed by atoms with van der Waals surface area (Å²) < 4.78 is 11.1. The van der Waals surface area contributed by atoms with E-state index in [9.17, 15) is 0 Å². The van der Waals surface area contributed by atoms with Crippen LogP contribution >= 0.6 is 0 Å². The summed E-state index contributed by atoms with van der Waals surface area (Å²) in [5.74, 6) is 0.480. The predicted octanol–water partition coefficient (Wildman–Crippen LogP) is -0.176. The van der Waals surface area contributed by atoms with Gasteiger partial charge in [0.05, 0.1) is 25.9 Å². The molecule has 2 saturated heterocycles. The molecule has 0 aromatic heterocycles. The molecule has 0 aromatic rings. The van der Waals surface area contributed by atoms with Gasteiger partial charge in [0.1, 0.15) is 0 Å². The summed E-state index contributed by atoms with van der Waals surface area (Å²) >= 11 is 0. The Bertz CT molecular complexity index is 232. The molecule has 2 rings (SSSR count). The fourth-order valence-electron chi connectivity index (χ4n) is 2.81. The molecule has 2 atom stereocenters. The average Bonchev–Trinajstić information content (AvgIpc) is 2.41. The fraction of sp³-hybridized carbons (Fsp3) is 1.00. The maximum atomic E-state index is 8.73. The number of aliphatic hydroxyl groups excluding tert-OH is 1. The second-order valence-electron chi connectivity index (χ2n) is 5.38. The van der Waals surface area contributed by atoms with Gasteiger partial charge in [-0.25, -0.2) is 0 Å². The minimum atomic E-state index is 0.120. The molecular weight excluding hydrogens is 232 g/mol. The van der Waals surface area contributed by atoms with Crippen LogP contribution in [0.2, 0.25) is 0 Å². The molecule has 0 saturated carbocycles. The fourth-order valence-corrected chi connectivity index (χ4v) is 2.81. The van der Waals surface area contributed by atoms with Crippen molar-refractivity contribution >= 4 is 0 Å². The standard InChI is InChI=1S/C13H26N2O3/c14-13-3-7-17-10-11(13)9-15-4-1-12(2-5-15)18-8-6-16/h11-13,16H,1-10,14H2. The second-order valence-corrected chi connectivity index (χ2v) is 5.38. The van der Waals surface area contributed by atoms with Gasteiger partial charge in [-0.1, -0.05) is 0 Å². The highest BCUT2D eigenvalue weighted by molar-refractivity contribution is 4.81. The minimum Gasteiger partial charge on any atom is -0.394 e. The summed E-state index contributed by atoms with van der Waals surface area (Å²) in [5.41, 5.74) is 6.13. The highest BCUT2D eigenvalue weighted by atomic mass is 16.5. The van der Waals surface area contributed by atoms with Crippen LogP contribution in [-0.2, 0) is 9.47 Å². The normalized spacial score (nSPS) is 31.7. The van der Waals surface area contributed by atoms with Crippen LogP contribution < -0.4 is 5.73 Å². The van der Waals surface area contributed by atoms with Crippen molar-refractivity contribution in [3.8, 4) is 0 Å².